The predicted octanol–water partition coefficient (Wildman–Crippen LogP) is 3.42. The number of nitrogens with one attached hydrogen (secondary N) is 1. The van der Waals surface area contributed by atoms with E-state index >= 15 is 0 Å². The van der Waals surface area contributed by atoms with Gasteiger partial charge in [0, 0.05) is 37.8 Å². The van der Waals surface area contributed by atoms with Crippen LogP contribution in [0.1, 0.15) is 39.2 Å². The molecule has 19 heavy (non-hydrogen) atoms. The van der Waals surface area contributed by atoms with Gasteiger partial charge in [0.25, 0.3) is 0 Å². The van der Waals surface area contributed by atoms with Crippen LogP contribution in [-0.4, -0.2) is 19.1 Å². The molecule has 0 aliphatic carbocycles. The van der Waals surface area contributed by atoms with Crippen molar-refractivity contribution >= 4 is 5.69 Å². The largest absolute Gasteiger partial charge is 0.372 e. The van der Waals surface area contributed by atoms with Crippen LogP contribution in [-0.2, 0) is 6.54 Å². The highest BCUT2D eigenvalue weighted by atomic mass is 15.1. The molecule has 1 unspecified atom stereocenters. The molecule has 0 heterocycles. The Morgan fingerprint density at radius 2 is 1.79 bits per heavy atom. The molecule has 0 aliphatic rings. The van der Waals surface area contributed by atoms with Gasteiger partial charge in [0.15, 0.2) is 0 Å². The Morgan fingerprint density at radius 3 is 2.26 bits per heavy atom. The fraction of sp³-hybridized carbons (Fsp3) is 0.529. The number of terminal acetylenes is 1. The van der Waals surface area contributed by atoms with Gasteiger partial charge in [-0.15, -0.1) is 12.3 Å². The summed E-state index contributed by atoms with van der Waals surface area (Å²) in [5, 5.41) is 3.51. The zero-order chi connectivity index (χ0) is 14.1. The molecule has 0 fully saturated rings. The summed E-state index contributed by atoms with van der Waals surface area (Å²) in [6, 6.07) is 9.22. The zero-order valence-electron chi connectivity index (χ0n) is 12.4. The molecule has 0 saturated carbocycles. The summed E-state index contributed by atoms with van der Waals surface area (Å²) < 4.78 is 0. The first kappa shape index (κ1) is 15.6. The molecular formula is C17H26N2. The smallest absolute Gasteiger partial charge is 0.0366 e. The summed E-state index contributed by atoms with van der Waals surface area (Å²) in [6.45, 7) is 9.52. The minimum atomic E-state index is 0.424. The minimum Gasteiger partial charge on any atom is -0.372 e. The molecule has 0 bridgehead atoms. The number of hydrogen-bond acceptors (Lipinski definition) is 2. The van der Waals surface area contributed by atoms with E-state index in [9.17, 15) is 0 Å². The Labute approximate surface area is 118 Å². The van der Waals surface area contributed by atoms with Crippen molar-refractivity contribution in [1.29, 1.82) is 0 Å². The summed E-state index contributed by atoms with van der Waals surface area (Å²) >= 11 is 0. The van der Waals surface area contributed by atoms with Gasteiger partial charge in [-0.05, 0) is 38.0 Å². The van der Waals surface area contributed by atoms with Crippen molar-refractivity contribution in [3.8, 4) is 12.3 Å². The Bertz CT molecular complexity index is 385. The standard InChI is InChI=1S/C17H26N2/c1-5-9-16(6-2)18-14-15-10-12-17(13-11-15)19(7-3)8-4/h1,10-13,16,18H,6-9,14H2,2-4H3. The first-order valence-electron chi connectivity index (χ1n) is 7.25. The summed E-state index contributed by atoms with van der Waals surface area (Å²) in [4.78, 5) is 2.35. The minimum absolute atomic E-state index is 0.424. The molecular weight excluding hydrogens is 232 g/mol. The van der Waals surface area contributed by atoms with Crippen molar-refractivity contribution in [3.63, 3.8) is 0 Å². The van der Waals surface area contributed by atoms with E-state index in [1.54, 1.807) is 0 Å². The summed E-state index contributed by atoms with van der Waals surface area (Å²) in [6.07, 6.45) is 7.23. The molecule has 0 aromatic heterocycles. The summed E-state index contributed by atoms with van der Waals surface area (Å²) in [5.41, 5.74) is 2.61. The van der Waals surface area contributed by atoms with Crippen LogP contribution in [0, 0.1) is 12.3 Å². The molecule has 1 aromatic carbocycles. The van der Waals surface area contributed by atoms with Crippen LogP contribution in [0.2, 0.25) is 0 Å². The highest BCUT2D eigenvalue weighted by Gasteiger charge is 2.04. The van der Waals surface area contributed by atoms with Crippen molar-refractivity contribution in [2.75, 3.05) is 18.0 Å². The van der Waals surface area contributed by atoms with Crippen molar-refractivity contribution in [1.82, 2.24) is 5.32 Å². The van der Waals surface area contributed by atoms with Crippen LogP contribution in [0.25, 0.3) is 0 Å². The van der Waals surface area contributed by atoms with Gasteiger partial charge in [-0.3, -0.25) is 0 Å². The molecule has 0 spiro atoms. The first-order valence-corrected chi connectivity index (χ1v) is 7.25. The molecule has 2 nitrogen and oxygen atoms in total. The third-order valence-corrected chi connectivity index (χ3v) is 3.52. The Hall–Kier alpha value is -1.46. The number of benzene rings is 1. The molecule has 0 amide bonds. The van der Waals surface area contributed by atoms with E-state index in [1.807, 2.05) is 0 Å². The molecule has 1 atom stereocenters. The SMILES string of the molecule is C#CCC(CC)NCc1ccc(N(CC)CC)cc1. The quantitative estimate of drug-likeness (QED) is 0.719. The molecule has 0 radical (unpaired) electrons. The van der Waals surface area contributed by atoms with Crippen molar-refractivity contribution in [3.05, 3.63) is 29.8 Å². The second-order valence-corrected chi connectivity index (χ2v) is 4.73. The van der Waals surface area contributed by atoms with E-state index in [4.69, 9.17) is 6.42 Å². The molecule has 1 rings (SSSR count). The van der Waals surface area contributed by atoms with Gasteiger partial charge >= 0.3 is 0 Å². The summed E-state index contributed by atoms with van der Waals surface area (Å²) in [5.74, 6) is 2.73. The summed E-state index contributed by atoms with van der Waals surface area (Å²) in [7, 11) is 0. The molecule has 2 heteroatoms. The van der Waals surface area contributed by atoms with Crippen LogP contribution in [0.4, 0.5) is 5.69 Å². The molecule has 104 valence electrons. The first-order chi connectivity index (χ1) is 9.24. The van der Waals surface area contributed by atoms with Gasteiger partial charge in [0.1, 0.15) is 0 Å². The van der Waals surface area contributed by atoms with Crippen LogP contribution in [0.15, 0.2) is 24.3 Å². The third kappa shape index (κ3) is 4.96. The molecule has 1 aromatic rings. The van der Waals surface area contributed by atoms with E-state index in [2.05, 4.69) is 61.2 Å². The van der Waals surface area contributed by atoms with Crippen LogP contribution < -0.4 is 10.2 Å². The van der Waals surface area contributed by atoms with Crippen molar-refractivity contribution in [2.24, 2.45) is 0 Å². The number of nitrogens with zero attached hydrogens (tertiary/aromatic N) is 1. The highest BCUT2D eigenvalue weighted by molar-refractivity contribution is 5.47. The predicted molar refractivity (Wildman–Crippen MR) is 84.4 cm³/mol. The highest BCUT2D eigenvalue weighted by Crippen LogP contribution is 2.15. The molecule has 0 saturated heterocycles. The van der Waals surface area contributed by atoms with Gasteiger partial charge in [-0.1, -0.05) is 19.1 Å². The van der Waals surface area contributed by atoms with Gasteiger partial charge < -0.3 is 10.2 Å². The van der Waals surface area contributed by atoms with Crippen LogP contribution >= 0.6 is 0 Å². The maximum absolute atomic E-state index is 5.36. The fourth-order valence-corrected chi connectivity index (χ4v) is 2.18. The lowest BCUT2D eigenvalue weighted by Crippen LogP contribution is -2.27. The molecule has 0 aliphatic heterocycles. The second kappa shape index (κ2) is 8.61. The van der Waals surface area contributed by atoms with Gasteiger partial charge in [-0.2, -0.15) is 0 Å². The Kier molecular flexibility index (Phi) is 7.07. The average molecular weight is 258 g/mol. The maximum Gasteiger partial charge on any atom is 0.0366 e. The van der Waals surface area contributed by atoms with E-state index < -0.39 is 0 Å². The van der Waals surface area contributed by atoms with Crippen LogP contribution in [0.5, 0.6) is 0 Å². The lowest BCUT2D eigenvalue weighted by Gasteiger charge is -2.21. The third-order valence-electron chi connectivity index (χ3n) is 3.52. The van der Waals surface area contributed by atoms with Crippen LogP contribution in [0.3, 0.4) is 0 Å². The second-order valence-electron chi connectivity index (χ2n) is 4.73. The molecule has 1 N–H and O–H groups in total. The van der Waals surface area contributed by atoms with E-state index in [-0.39, 0.29) is 0 Å². The Balaban J connectivity index is 2.55. The number of anilines is 1. The van der Waals surface area contributed by atoms with Gasteiger partial charge in [0.2, 0.25) is 0 Å². The fourth-order valence-electron chi connectivity index (χ4n) is 2.18. The van der Waals surface area contributed by atoms with Gasteiger partial charge in [-0.25, -0.2) is 0 Å². The lowest BCUT2D eigenvalue weighted by molar-refractivity contribution is 0.507. The topological polar surface area (TPSA) is 15.3 Å². The van der Waals surface area contributed by atoms with Gasteiger partial charge in [0.05, 0.1) is 0 Å². The van der Waals surface area contributed by atoms with E-state index in [0.717, 1.165) is 32.5 Å². The Morgan fingerprint density at radius 1 is 1.16 bits per heavy atom. The maximum atomic E-state index is 5.36. The monoisotopic (exact) mass is 258 g/mol. The zero-order valence-corrected chi connectivity index (χ0v) is 12.4. The lowest BCUT2D eigenvalue weighted by atomic mass is 10.1. The normalized spacial score (nSPS) is 11.9. The average Bonchev–Trinajstić information content (AvgIpc) is 2.46. The van der Waals surface area contributed by atoms with E-state index in [0.29, 0.717) is 6.04 Å². The van der Waals surface area contributed by atoms with E-state index in [1.165, 1.54) is 11.3 Å². The number of hydrogen-bond donors (Lipinski definition) is 1. The van der Waals surface area contributed by atoms with Crippen molar-refractivity contribution < 1.29 is 0 Å². The van der Waals surface area contributed by atoms with Crippen molar-refractivity contribution in [2.45, 2.75) is 46.2 Å². The number of rotatable bonds is 8.